The van der Waals surface area contributed by atoms with Crippen LogP contribution in [0.1, 0.15) is 31.4 Å². The number of hydrogen-bond donors (Lipinski definition) is 4. The molecule has 8 nitrogen and oxygen atoms in total. The van der Waals surface area contributed by atoms with Gasteiger partial charge in [0.25, 0.3) is 5.91 Å². The lowest BCUT2D eigenvalue weighted by molar-refractivity contribution is -0.136. The van der Waals surface area contributed by atoms with Gasteiger partial charge in [0.15, 0.2) is 17.0 Å². The Bertz CT molecular complexity index is 1180. The number of thioether (sulfide) groups is 1. The second kappa shape index (κ2) is 13.7. The maximum absolute atomic E-state index is 13.9. The lowest BCUT2D eigenvalue weighted by Gasteiger charge is -2.24. The van der Waals surface area contributed by atoms with Gasteiger partial charge in [0.1, 0.15) is 11.9 Å². The highest BCUT2D eigenvalue weighted by molar-refractivity contribution is 8.00. The Morgan fingerprint density at radius 1 is 1.08 bits per heavy atom. The number of nitrogens with one attached hydrogen (secondary N) is 3. The number of rotatable bonds is 11. The first kappa shape index (κ1) is 30.3. The van der Waals surface area contributed by atoms with Gasteiger partial charge >= 0.3 is 0 Å². The van der Waals surface area contributed by atoms with Gasteiger partial charge in [0.05, 0.1) is 0 Å². The van der Waals surface area contributed by atoms with Crippen molar-refractivity contribution in [1.82, 2.24) is 15.5 Å². The Hall–Kier alpha value is -3.25. The summed E-state index contributed by atoms with van der Waals surface area (Å²) in [5, 5.41) is 7.98. The average molecular weight is 566 g/mol. The zero-order valence-corrected chi connectivity index (χ0v) is 22.9. The topological polar surface area (TPSA) is 117 Å². The molecule has 0 bridgehead atoms. The molecule has 3 amide bonds. The molecule has 39 heavy (non-hydrogen) atoms. The van der Waals surface area contributed by atoms with Crippen molar-refractivity contribution in [1.29, 1.82) is 0 Å². The summed E-state index contributed by atoms with van der Waals surface area (Å²) in [5.74, 6) is -3.56. The molecule has 3 unspecified atom stereocenters. The summed E-state index contributed by atoms with van der Waals surface area (Å²) in [6.07, 6.45) is -0.330. The van der Waals surface area contributed by atoms with E-state index in [-0.39, 0.29) is 54.6 Å². The zero-order chi connectivity index (χ0) is 28.7. The van der Waals surface area contributed by atoms with E-state index >= 15 is 0 Å². The van der Waals surface area contributed by atoms with E-state index < -0.39 is 28.9 Å². The molecule has 2 aromatic rings. The minimum absolute atomic E-state index is 0.0834. The predicted octanol–water partition coefficient (Wildman–Crippen LogP) is 2.76. The SMILES string of the molecule is CNC(=O)C(Nc1ccc(CNC(=O)C2SCCN2C(=O)CC(N)Cc2cc(F)c(F)cc2F)cc1)C(C)C. The van der Waals surface area contributed by atoms with Crippen molar-refractivity contribution in [2.24, 2.45) is 11.7 Å². The van der Waals surface area contributed by atoms with Crippen LogP contribution in [0.2, 0.25) is 0 Å². The van der Waals surface area contributed by atoms with E-state index in [0.717, 1.165) is 17.3 Å². The lowest BCUT2D eigenvalue weighted by atomic mass is 10.0. The molecule has 12 heteroatoms. The van der Waals surface area contributed by atoms with Gasteiger partial charge < -0.3 is 26.6 Å². The first-order valence-electron chi connectivity index (χ1n) is 12.6. The molecule has 0 aliphatic carbocycles. The van der Waals surface area contributed by atoms with Crippen molar-refractivity contribution in [3.8, 4) is 0 Å². The molecule has 3 rings (SSSR count). The van der Waals surface area contributed by atoms with Crippen molar-refractivity contribution in [3.63, 3.8) is 0 Å². The van der Waals surface area contributed by atoms with E-state index in [1.807, 2.05) is 38.1 Å². The van der Waals surface area contributed by atoms with E-state index in [1.165, 1.54) is 16.7 Å². The van der Waals surface area contributed by atoms with Crippen molar-refractivity contribution in [3.05, 3.63) is 65.0 Å². The van der Waals surface area contributed by atoms with Crippen molar-refractivity contribution >= 4 is 35.2 Å². The Balaban J connectivity index is 1.52. The number of anilines is 1. The van der Waals surface area contributed by atoms with Crippen LogP contribution >= 0.6 is 11.8 Å². The fourth-order valence-electron chi connectivity index (χ4n) is 4.22. The molecule has 2 aromatic carbocycles. The second-order valence-corrected chi connectivity index (χ2v) is 10.9. The molecule has 1 fully saturated rings. The minimum atomic E-state index is -1.29. The maximum Gasteiger partial charge on any atom is 0.253 e. The number of nitrogens with two attached hydrogens (primary N) is 1. The minimum Gasteiger partial charge on any atom is -0.373 e. The third kappa shape index (κ3) is 8.12. The number of carbonyl (C=O) groups is 3. The van der Waals surface area contributed by atoms with Crippen LogP contribution < -0.4 is 21.7 Å². The monoisotopic (exact) mass is 565 g/mol. The summed E-state index contributed by atoms with van der Waals surface area (Å²) in [5.41, 5.74) is 7.50. The van der Waals surface area contributed by atoms with E-state index in [4.69, 9.17) is 5.73 Å². The number of benzene rings is 2. The average Bonchev–Trinajstić information content (AvgIpc) is 3.39. The van der Waals surface area contributed by atoms with Gasteiger partial charge in [-0.3, -0.25) is 14.4 Å². The predicted molar refractivity (Wildman–Crippen MR) is 145 cm³/mol. The molecule has 212 valence electrons. The van der Waals surface area contributed by atoms with E-state index in [1.54, 1.807) is 7.05 Å². The van der Waals surface area contributed by atoms with E-state index in [2.05, 4.69) is 16.0 Å². The van der Waals surface area contributed by atoms with Crippen molar-refractivity contribution in [2.45, 2.75) is 50.7 Å². The van der Waals surface area contributed by atoms with E-state index in [9.17, 15) is 27.6 Å². The number of halogens is 3. The molecule has 1 aliphatic heterocycles. The summed E-state index contributed by atoms with van der Waals surface area (Å²) < 4.78 is 40.6. The van der Waals surface area contributed by atoms with Crippen LogP contribution in [0.4, 0.5) is 18.9 Å². The summed E-state index contributed by atoms with van der Waals surface area (Å²) in [6.45, 7) is 4.50. The highest BCUT2D eigenvalue weighted by Crippen LogP contribution is 2.25. The van der Waals surface area contributed by atoms with Gasteiger partial charge in [-0.15, -0.1) is 11.8 Å². The van der Waals surface area contributed by atoms with Crippen LogP contribution in [0.3, 0.4) is 0 Å². The van der Waals surface area contributed by atoms with Crippen LogP contribution in [0.5, 0.6) is 0 Å². The van der Waals surface area contributed by atoms with Gasteiger partial charge in [-0.05, 0) is 41.7 Å². The molecule has 3 atom stereocenters. The standard InChI is InChI=1S/C27H34F3N5O3S/c1-15(2)24(25(37)32-3)34-19-6-4-16(5-7-19)14-33-26(38)27-35(8-9-39-27)23(36)12-18(31)10-17-11-21(29)22(30)13-20(17)28/h4-7,11,13,15,18,24,27,34H,8-10,12,14,31H2,1-3H3,(H,32,37)(H,33,38). The highest BCUT2D eigenvalue weighted by atomic mass is 32.2. The molecule has 0 aromatic heterocycles. The third-order valence-corrected chi connectivity index (χ3v) is 7.58. The van der Waals surface area contributed by atoms with Crippen LogP contribution in [-0.4, -0.2) is 59.4 Å². The molecule has 1 heterocycles. The summed E-state index contributed by atoms with van der Waals surface area (Å²) in [7, 11) is 1.59. The van der Waals surface area contributed by atoms with Gasteiger partial charge in [-0.2, -0.15) is 0 Å². The molecular weight excluding hydrogens is 531 g/mol. The highest BCUT2D eigenvalue weighted by Gasteiger charge is 2.35. The van der Waals surface area contributed by atoms with Gasteiger partial charge in [-0.25, -0.2) is 13.2 Å². The van der Waals surface area contributed by atoms with Crippen LogP contribution in [0.25, 0.3) is 0 Å². The Morgan fingerprint density at radius 2 is 1.74 bits per heavy atom. The smallest absolute Gasteiger partial charge is 0.253 e. The normalized spacial score (nSPS) is 16.6. The van der Waals surface area contributed by atoms with Crippen LogP contribution in [0, 0.1) is 23.4 Å². The Kier molecular flexibility index (Phi) is 10.6. The van der Waals surface area contributed by atoms with Crippen molar-refractivity contribution < 1.29 is 27.6 Å². The molecule has 1 aliphatic rings. The van der Waals surface area contributed by atoms with Crippen LogP contribution in [-0.2, 0) is 27.3 Å². The molecular formula is C27H34F3N5O3S. The first-order chi connectivity index (χ1) is 18.5. The fourth-order valence-corrected chi connectivity index (χ4v) is 5.39. The summed E-state index contributed by atoms with van der Waals surface area (Å²) in [4.78, 5) is 39.3. The van der Waals surface area contributed by atoms with Gasteiger partial charge in [0.2, 0.25) is 11.8 Å². The summed E-state index contributed by atoms with van der Waals surface area (Å²) in [6, 6.07) is 7.31. The van der Waals surface area contributed by atoms with E-state index in [0.29, 0.717) is 18.4 Å². The molecule has 0 saturated carbocycles. The largest absolute Gasteiger partial charge is 0.373 e. The molecule has 5 N–H and O–H groups in total. The number of nitrogens with zero attached hydrogens (tertiary/aromatic N) is 1. The van der Waals surface area contributed by atoms with Gasteiger partial charge in [-0.1, -0.05) is 26.0 Å². The molecule has 0 spiro atoms. The maximum atomic E-state index is 13.9. The first-order valence-corrected chi connectivity index (χ1v) is 13.7. The van der Waals surface area contributed by atoms with Crippen LogP contribution in [0.15, 0.2) is 36.4 Å². The Morgan fingerprint density at radius 3 is 2.38 bits per heavy atom. The zero-order valence-electron chi connectivity index (χ0n) is 22.1. The number of likely N-dealkylation sites (N-methyl/N-ethyl adjacent to an activating group) is 1. The lowest BCUT2D eigenvalue weighted by Crippen LogP contribution is -2.46. The summed E-state index contributed by atoms with van der Waals surface area (Å²) >= 11 is 1.33. The van der Waals surface area contributed by atoms with Gasteiger partial charge in [0, 0.05) is 50.1 Å². The fraction of sp³-hybridized carbons (Fsp3) is 0.444. The molecule has 0 radical (unpaired) electrons. The van der Waals surface area contributed by atoms with Crippen molar-refractivity contribution in [2.75, 3.05) is 24.7 Å². The molecule has 1 saturated heterocycles. The Labute approximate surface area is 230 Å². The quantitative estimate of drug-likeness (QED) is 0.312. The number of carbonyl (C=O) groups excluding carboxylic acids is 3. The number of amides is 3. The number of hydrogen-bond acceptors (Lipinski definition) is 6. The second-order valence-electron chi connectivity index (χ2n) is 9.73. The third-order valence-electron chi connectivity index (χ3n) is 6.38.